The third-order valence-corrected chi connectivity index (χ3v) is 11.1. The number of nitrogens with zero attached hydrogens (tertiary/aromatic N) is 2. The SMILES string of the molecule is CCCOCCOCCN(CC(C)(C)SSC)c1cc(CO)cc(COc2cc3c(cc2C)C(=O)N2c4ccccc4C[C@H]2CN3)c1. The normalized spacial score (nSPS) is 15.5. The molecule has 47 heavy (non-hydrogen) atoms. The molecule has 0 radical (unpaired) electrons. The standard InChI is InChI=1S/C37H49N3O5S2/c1-6-12-43-14-15-44-13-11-39(25-37(3,4)47-46-5)30-18-27(23-41)17-28(19-30)24-45-35-21-33-32(16-26(35)2)36(42)40-31(22-38-33)20-29-9-7-8-10-34(29)40/h7-10,16-19,21,31,38,41H,6,11-15,20,22-25H2,1-5H3/t31-/m0/s1. The van der Waals surface area contributed by atoms with E-state index in [1.54, 1.807) is 10.8 Å². The van der Waals surface area contributed by atoms with Crippen molar-refractivity contribution in [2.75, 3.05) is 67.4 Å². The molecule has 0 unspecified atom stereocenters. The molecule has 2 N–H and O–H groups in total. The average molecular weight is 680 g/mol. The number of aliphatic hydroxyl groups is 1. The van der Waals surface area contributed by atoms with Gasteiger partial charge in [0.25, 0.3) is 5.91 Å². The molecule has 10 heteroatoms. The highest BCUT2D eigenvalue weighted by atomic mass is 33.1. The quantitative estimate of drug-likeness (QED) is 0.115. The summed E-state index contributed by atoms with van der Waals surface area (Å²) in [7, 11) is 3.62. The molecule has 8 nitrogen and oxygen atoms in total. The lowest BCUT2D eigenvalue weighted by molar-refractivity contribution is 0.0505. The summed E-state index contributed by atoms with van der Waals surface area (Å²) in [6, 6.07) is 18.4. The highest BCUT2D eigenvalue weighted by Crippen LogP contribution is 2.39. The van der Waals surface area contributed by atoms with Crippen molar-refractivity contribution in [3.8, 4) is 5.75 Å². The zero-order valence-electron chi connectivity index (χ0n) is 28.3. The molecule has 0 spiro atoms. The molecule has 1 atom stereocenters. The van der Waals surface area contributed by atoms with E-state index < -0.39 is 0 Å². The van der Waals surface area contributed by atoms with Crippen molar-refractivity contribution in [2.45, 2.75) is 64.5 Å². The van der Waals surface area contributed by atoms with Gasteiger partial charge >= 0.3 is 0 Å². The van der Waals surface area contributed by atoms with E-state index in [2.05, 4.69) is 55.4 Å². The first kappa shape index (κ1) is 35.4. The van der Waals surface area contributed by atoms with Crippen LogP contribution in [0.2, 0.25) is 0 Å². The number of hydrogen-bond acceptors (Lipinski definition) is 9. The summed E-state index contributed by atoms with van der Waals surface area (Å²) < 4.78 is 17.9. The second-order valence-corrected chi connectivity index (χ2v) is 15.9. The number of aryl methyl sites for hydroxylation is 1. The van der Waals surface area contributed by atoms with Crippen molar-refractivity contribution < 1.29 is 24.1 Å². The first-order chi connectivity index (χ1) is 22.7. The zero-order chi connectivity index (χ0) is 33.4. The predicted molar refractivity (Wildman–Crippen MR) is 196 cm³/mol. The minimum Gasteiger partial charge on any atom is -0.489 e. The maximum Gasteiger partial charge on any atom is 0.260 e. The van der Waals surface area contributed by atoms with Gasteiger partial charge in [0.15, 0.2) is 0 Å². The van der Waals surface area contributed by atoms with Crippen molar-refractivity contribution >= 4 is 44.6 Å². The molecule has 3 aromatic rings. The van der Waals surface area contributed by atoms with E-state index in [0.717, 1.165) is 65.5 Å². The van der Waals surface area contributed by atoms with Crippen LogP contribution >= 0.6 is 21.6 Å². The molecule has 0 saturated heterocycles. The van der Waals surface area contributed by atoms with Gasteiger partial charge in [-0.3, -0.25) is 4.79 Å². The summed E-state index contributed by atoms with van der Waals surface area (Å²) in [6.07, 6.45) is 3.95. The fourth-order valence-corrected chi connectivity index (χ4v) is 8.51. The molecule has 0 bridgehead atoms. The van der Waals surface area contributed by atoms with Crippen LogP contribution in [-0.4, -0.2) is 74.1 Å². The van der Waals surface area contributed by atoms with E-state index in [1.165, 1.54) is 5.56 Å². The van der Waals surface area contributed by atoms with Gasteiger partial charge in [0.05, 0.1) is 43.7 Å². The second kappa shape index (κ2) is 16.5. The zero-order valence-corrected chi connectivity index (χ0v) is 30.0. The summed E-state index contributed by atoms with van der Waals surface area (Å²) >= 11 is 0. The number of nitrogens with one attached hydrogen (secondary N) is 1. The number of benzene rings is 3. The van der Waals surface area contributed by atoms with Gasteiger partial charge in [-0.2, -0.15) is 0 Å². The Bertz CT molecular complexity index is 1520. The Morgan fingerprint density at radius 3 is 2.57 bits per heavy atom. The summed E-state index contributed by atoms with van der Waals surface area (Å²) in [5.41, 5.74) is 7.42. The molecule has 0 fully saturated rings. The van der Waals surface area contributed by atoms with Gasteiger partial charge in [-0.15, -0.1) is 0 Å². The fraction of sp³-hybridized carbons (Fsp3) is 0.486. The highest BCUT2D eigenvalue weighted by molar-refractivity contribution is 8.77. The van der Waals surface area contributed by atoms with Gasteiger partial charge in [-0.05, 0) is 92.5 Å². The minimum atomic E-state index is -0.0619. The van der Waals surface area contributed by atoms with Gasteiger partial charge in [-0.1, -0.05) is 46.7 Å². The van der Waals surface area contributed by atoms with Gasteiger partial charge in [-0.25, -0.2) is 0 Å². The molecule has 0 aromatic heterocycles. The molecule has 5 rings (SSSR count). The van der Waals surface area contributed by atoms with Crippen LogP contribution in [0.1, 0.15) is 59.8 Å². The van der Waals surface area contributed by atoms with Crippen LogP contribution in [0.4, 0.5) is 17.1 Å². The lowest BCUT2D eigenvalue weighted by atomic mass is 10.1. The Hall–Kier alpha value is -2.89. The number of ether oxygens (including phenoxy) is 3. The lowest BCUT2D eigenvalue weighted by Gasteiger charge is -2.34. The Morgan fingerprint density at radius 2 is 1.81 bits per heavy atom. The summed E-state index contributed by atoms with van der Waals surface area (Å²) in [4.78, 5) is 18.1. The van der Waals surface area contributed by atoms with Crippen molar-refractivity contribution in [1.82, 2.24) is 0 Å². The van der Waals surface area contributed by atoms with E-state index in [9.17, 15) is 9.90 Å². The molecule has 254 valence electrons. The smallest absolute Gasteiger partial charge is 0.260 e. The predicted octanol–water partition coefficient (Wildman–Crippen LogP) is 7.10. The second-order valence-electron chi connectivity index (χ2n) is 12.8. The summed E-state index contributed by atoms with van der Waals surface area (Å²) in [5, 5.41) is 13.7. The van der Waals surface area contributed by atoms with Crippen LogP contribution in [0.25, 0.3) is 0 Å². The largest absolute Gasteiger partial charge is 0.489 e. The van der Waals surface area contributed by atoms with Gasteiger partial charge in [0.2, 0.25) is 0 Å². The number of aliphatic hydroxyl groups excluding tert-OH is 1. The number of amides is 1. The summed E-state index contributed by atoms with van der Waals surface area (Å²) in [5.74, 6) is 0.755. The number of carbonyl (C=O) groups is 1. The molecule has 1 amide bonds. The van der Waals surface area contributed by atoms with E-state index in [-0.39, 0.29) is 23.3 Å². The van der Waals surface area contributed by atoms with Crippen LogP contribution in [0.15, 0.2) is 54.6 Å². The van der Waals surface area contributed by atoms with Gasteiger partial charge in [0.1, 0.15) is 12.4 Å². The van der Waals surface area contributed by atoms with Crippen molar-refractivity contribution in [2.24, 2.45) is 0 Å². The van der Waals surface area contributed by atoms with Gasteiger partial charge in [0, 0.05) is 48.4 Å². The van der Waals surface area contributed by atoms with Crippen LogP contribution in [0.3, 0.4) is 0 Å². The topological polar surface area (TPSA) is 83.5 Å². The van der Waals surface area contributed by atoms with E-state index >= 15 is 0 Å². The summed E-state index contributed by atoms with van der Waals surface area (Å²) in [6.45, 7) is 13.6. The number of anilines is 3. The Kier molecular flexibility index (Phi) is 12.4. The molecule has 2 aliphatic rings. The van der Waals surface area contributed by atoms with Crippen molar-refractivity contribution in [3.63, 3.8) is 0 Å². The van der Waals surface area contributed by atoms with Crippen LogP contribution in [0, 0.1) is 6.92 Å². The molecule has 2 heterocycles. The van der Waals surface area contributed by atoms with E-state index in [0.29, 0.717) is 45.1 Å². The van der Waals surface area contributed by atoms with Crippen molar-refractivity contribution in [3.05, 3.63) is 82.4 Å². The molecular formula is C37H49N3O5S2. The monoisotopic (exact) mass is 679 g/mol. The number of para-hydroxylation sites is 1. The van der Waals surface area contributed by atoms with E-state index in [1.807, 2.05) is 59.0 Å². The first-order valence-corrected chi connectivity index (χ1v) is 19.1. The molecule has 3 aromatic carbocycles. The number of rotatable bonds is 17. The first-order valence-electron chi connectivity index (χ1n) is 16.5. The highest BCUT2D eigenvalue weighted by Gasteiger charge is 2.37. The molecule has 2 aliphatic heterocycles. The number of hydrogen-bond donors (Lipinski definition) is 2. The van der Waals surface area contributed by atoms with E-state index in [4.69, 9.17) is 14.2 Å². The third-order valence-electron chi connectivity index (χ3n) is 8.45. The van der Waals surface area contributed by atoms with Crippen LogP contribution in [0.5, 0.6) is 5.75 Å². The Morgan fingerprint density at radius 1 is 1.04 bits per heavy atom. The van der Waals surface area contributed by atoms with Gasteiger partial charge < -0.3 is 34.4 Å². The fourth-order valence-electron chi connectivity index (χ4n) is 6.34. The molecule has 0 aliphatic carbocycles. The molecule has 0 saturated carbocycles. The maximum absolute atomic E-state index is 13.8. The number of fused-ring (bicyclic) bond motifs is 4. The lowest BCUT2D eigenvalue weighted by Crippen LogP contribution is -2.39. The Labute approximate surface area is 287 Å². The van der Waals surface area contributed by atoms with Crippen molar-refractivity contribution in [1.29, 1.82) is 0 Å². The van der Waals surface area contributed by atoms with Crippen LogP contribution in [-0.2, 0) is 29.1 Å². The minimum absolute atomic E-state index is 0.00390. The number of carbonyl (C=O) groups excluding carboxylic acids is 1. The third kappa shape index (κ3) is 8.97. The van der Waals surface area contributed by atoms with Crippen LogP contribution < -0.4 is 19.9 Å². The average Bonchev–Trinajstić information content (AvgIpc) is 3.38. The molecular weight excluding hydrogens is 631 g/mol. The maximum atomic E-state index is 13.8. The Balaban J connectivity index is 1.32.